The van der Waals surface area contributed by atoms with Crippen LogP contribution in [0.15, 0.2) is 42.6 Å². The summed E-state index contributed by atoms with van der Waals surface area (Å²) >= 11 is 0. The average molecular weight is 230 g/mol. The fourth-order valence-corrected chi connectivity index (χ4v) is 1.67. The van der Waals surface area contributed by atoms with E-state index in [0.29, 0.717) is 18.0 Å². The van der Waals surface area contributed by atoms with Gasteiger partial charge in [0.2, 0.25) is 0 Å². The topological polar surface area (TPSA) is 57.2 Å². The third kappa shape index (κ3) is 2.15. The third-order valence-electron chi connectivity index (χ3n) is 2.43. The SMILES string of the molecule is CCOC(=O)c1cccn1-c1ccccc1N. The monoisotopic (exact) mass is 230 g/mol. The van der Waals surface area contributed by atoms with Crippen molar-refractivity contribution in [1.82, 2.24) is 4.57 Å². The first-order valence-electron chi connectivity index (χ1n) is 5.43. The maximum absolute atomic E-state index is 11.7. The van der Waals surface area contributed by atoms with Crippen molar-refractivity contribution in [1.29, 1.82) is 0 Å². The van der Waals surface area contributed by atoms with Gasteiger partial charge in [0, 0.05) is 6.20 Å². The summed E-state index contributed by atoms with van der Waals surface area (Å²) in [4.78, 5) is 11.7. The Labute approximate surface area is 99.6 Å². The van der Waals surface area contributed by atoms with Crippen LogP contribution in [-0.4, -0.2) is 17.1 Å². The molecule has 2 N–H and O–H groups in total. The van der Waals surface area contributed by atoms with Crippen LogP contribution in [0, 0.1) is 0 Å². The number of rotatable bonds is 3. The van der Waals surface area contributed by atoms with Crippen molar-refractivity contribution in [3.63, 3.8) is 0 Å². The highest BCUT2D eigenvalue weighted by Gasteiger charge is 2.13. The van der Waals surface area contributed by atoms with Crippen molar-refractivity contribution in [2.24, 2.45) is 0 Å². The van der Waals surface area contributed by atoms with Crippen LogP contribution < -0.4 is 5.73 Å². The summed E-state index contributed by atoms with van der Waals surface area (Å²) in [5.41, 5.74) is 7.76. The van der Waals surface area contributed by atoms with Gasteiger partial charge in [0.05, 0.1) is 18.0 Å². The molecule has 88 valence electrons. The molecular weight excluding hydrogens is 216 g/mol. The van der Waals surface area contributed by atoms with Gasteiger partial charge in [-0.25, -0.2) is 4.79 Å². The summed E-state index contributed by atoms with van der Waals surface area (Å²) in [5, 5.41) is 0. The van der Waals surface area contributed by atoms with E-state index >= 15 is 0 Å². The lowest BCUT2D eigenvalue weighted by Crippen LogP contribution is -2.11. The molecule has 0 aliphatic carbocycles. The zero-order chi connectivity index (χ0) is 12.3. The molecule has 0 bridgehead atoms. The summed E-state index contributed by atoms with van der Waals surface area (Å²) in [7, 11) is 0. The van der Waals surface area contributed by atoms with Gasteiger partial charge in [-0.1, -0.05) is 12.1 Å². The quantitative estimate of drug-likeness (QED) is 0.649. The number of aromatic nitrogens is 1. The zero-order valence-electron chi connectivity index (χ0n) is 9.59. The highest BCUT2D eigenvalue weighted by molar-refractivity contribution is 5.89. The van der Waals surface area contributed by atoms with Gasteiger partial charge >= 0.3 is 5.97 Å². The fraction of sp³-hybridized carbons (Fsp3) is 0.154. The number of nitrogens with two attached hydrogens (primary N) is 1. The van der Waals surface area contributed by atoms with Gasteiger partial charge < -0.3 is 15.0 Å². The Morgan fingerprint density at radius 1 is 1.29 bits per heavy atom. The van der Waals surface area contributed by atoms with Gasteiger partial charge in [-0.2, -0.15) is 0 Å². The number of hydrogen-bond acceptors (Lipinski definition) is 3. The largest absolute Gasteiger partial charge is 0.461 e. The molecule has 0 aliphatic heterocycles. The zero-order valence-corrected chi connectivity index (χ0v) is 9.59. The second-order valence-corrected chi connectivity index (χ2v) is 3.54. The van der Waals surface area contributed by atoms with E-state index in [9.17, 15) is 4.79 Å². The Kier molecular flexibility index (Phi) is 3.14. The lowest BCUT2D eigenvalue weighted by atomic mass is 10.2. The molecule has 2 rings (SSSR count). The van der Waals surface area contributed by atoms with Crippen molar-refractivity contribution in [2.45, 2.75) is 6.92 Å². The van der Waals surface area contributed by atoms with Crippen LogP contribution >= 0.6 is 0 Å². The minimum Gasteiger partial charge on any atom is -0.461 e. The number of benzene rings is 1. The maximum Gasteiger partial charge on any atom is 0.355 e. The van der Waals surface area contributed by atoms with E-state index in [1.807, 2.05) is 18.2 Å². The van der Waals surface area contributed by atoms with Crippen LogP contribution in [0.3, 0.4) is 0 Å². The van der Waals surface area contributed by atoms with E-state index in [2.05, 4.69) is 0 Å². The third-order valence-corrected chi connectivity index (χ3v) is 2.43. The fourth-order valence-electron chi connectivity index (χ4n) is 1.67. The first-order chi connectivity index (χ1) is 8.24. The van der Waals surface area contributed by atoms with Gasteiger partial charge in [0.15, 0.2) is 0 Å². The summed E-state index contributed by atoms with van der Waals surface area (Å²) in [5.74, 6) is -0.347. The van der Waals surface area contributed by atoms with Gasteiger partial charge in [-0.15, -0.1) is 0 Å². The number of hydrogen-bond donors (Lipinski definition) is 1. The van der Waals surface area contributed by atoms with E-state index in [4.69, 9.17) is 10.5 Å². The molecule has 0 saturated heterocycles. The summed E-state index contributed by atoms with van der Waals surface area (Å²) in [6.45, 7) is 2.14. The summed E-state index contributed by atoms with van der Waals surface area (Å²) in [6.07, 6.45) is 1.79. The first kappa shape index (κ1) is 11.3. The van der Waals surface area contributed by atoms with E-state index in [1.54, 1.807) is 35.9 Å². The average Bonchev–Trinajstić information content (AvgIpc) is 2.79. The molecule has 17 heavy (non-hydrogen) atoms. The molecule has 0 saturated carbocycles. The second-order valence-electron chi connectivity index (χ2n) is 3.54. The van der Waals surface area contributed by atoms with Gasteiger partial charge in [0.25, 0.3) is 0 Å². The molecule has 4 nitrogen and oxygen atoms in total. The van der Waals surface area contributed by atoms with Crippen molar-refractivity contribution in [2.75, 3.05) is 12.3 Å². The Balaban J connectivity index is 2.44. The standard InChI is InChI=1S/C13H14N2O2/c1-2-17-13(16)12-8-5-9-15(12)11-7-4-3-6-10(11)14/h3-9H,2,14H2,1H3. The van der Waals surface area contributed by atoms with Crippen LogP contribution in [0.5, 0.6) is 0 Å². The van der Waals surface area contributed by atoms with Crippen molar-refractivity contribution in [3.8, 4) is 5.69 Å². The molecule has 0 spiro atoms. The second kappa shape index (κ2) is 4.74. The van der Waals surface area contributed by atoms with Crippen LogP contribution in [0.25, 0.3) is 5.69 Å². The van der Waals surface area contributed by atoms with Gasteiger partial charge in [-0.3, -0.25) is 0 Å². The Hall–Kier alpha value is -2.23. The molecule has 0 fully saturated rings. The smallest absolute Gasteiger partial charge is 0.355 e. The minimum absolute atomic E-state index is 0.347. The van der Waals surface area contributed by atoms with Crippen LogP contribution in [0.1, 0.15) is 17.4 Å². The van der Waals surface area contributed by atoms with Crippen molar-refractivity contribution in [3.05, 3.63) is 48.3 Å². The molecule has 0 radical (unpaired) electrons. The minimum atomic E-state index is -0.347. The van der Waals surface area contributed by atoms with Crippen LogP contribution in [0.4, 0.5) is 5.69 Å². The number of nitrogen functional groups attached to an aromatic ring is 1. The molecule has 2 aromatic rings. The molecule has 1 heterocycles. The Morgan fingerprint density at radius 3 is 2.76 bits per heavy atom. The maximum atomic E-state index is 11.7. The number of carbonyl (C=O) groups is 1. The van der Waals surface area contributed by atoms with Crippen LogP contribution in [0.2, 0.25) is 0 Å². The number of ether oxygens (including phenoxy) is 1. The number of nitrogens with zero attached hydrogens (tertiary/aromatic N) is 1. The summed E-state index contributed by atoms with van der Waals surface area (Å²) in [6, 6.07) is 10.9. The molecule has 1 aromatic heterocycles. The normalized spacial score (nSPS) is 10.2. The number of esters is 1. The van der Waals surface area contributed by atoms with Gasteiger partial charge in [-0.05, 0) is 31.2 Å². The Morgan fingerprint density at radius 2 is 2.06 bits per heavy atom. The molecule has 0 unspecified atom stereocenters. The predicted molar refractivity (Wildman–Crippen MR) is 66.1 cm³/mol. The van der Waals surface area contributed by atoms with Crippen LogP contribution in [-0.2, 0) is 4.74 Å². The van der Waals surface area contributed by atoms with E-state index in [-0.39, 0.29) is 5.97 Å². The molecule has 0 aliphatic rings. The molecule has 0 atom stereocenters. The number of anilines is 1. The molecular formula is C13H14N2O2. The lowest BCUT2D eigenvalue weighted by molar-refractivity contribution is 0.0517. The van der Waals surface area contributed by atoms with E-state index < -0.39 is 0 Å². The molecule has 4 heteroatoms. The first-order valence-corrected chi connectivity index (χ1v) is 5.43. The number of carbonyl (C=O) groups excluding carboxylic acids is 1. The van der Waals surface area contributed by atoms with E-state index in [0.717, 1.165) is 5.69 Å². The molecule has 1 aromatic carbocycles. The lowest BCUT2D eigenvalue weighted by Gasteiger charge is -2.10. The van der Waals surface area contributed by atoms with E-state index in [1.165, 1.54) is 0 Å². The molecule has 0 amide bonds. The van der Waals surface area contributed by atoms with Crippen molar-refractivity contribution >= 4 is 11.7 Å². The highest BCUT2D eigenvalue weighted by Crippen LogP contribution is 2.19. The van der Waals surface area contributed by atoms with Crippen molar-refractivity contribution < 1.29 is 9.53 Å². The predicted octanol–water partition coefficient (Wildman–Crippen LogP) is 2.24. The number of para-hydroxylation sites is 2. The highest BCUT2D eigenvalue weighted by atomic mass is 16.5. The Bertz CT molecular complexity index is 532. The summed E-state index contributed by atoms with van der Waals surface area (Å²) < 4.78 is 6.72. The van der Waals surface area contributed by atoms with Gasteiger partial charge in [0.1, 0.15) is 5.69 Å².